The van der Waals surface area contributed by atoms with E-state index in [9.17, 15) is 0 Å². The second-order valence-corrected chi connectivity index (χ2v) is 2.18. The van der Waals surface area contributed by atoms with Gasteiger partial charge in [0.2, 0.25) is 0 Å². The number of hydrogen-bond donors (Lipinski definition) is 1. The summed E-state index contributed by atoms with van der Waals surface area (Å²) >= 11 is 0. The summed E-state index contributed by atoms with van der Waals surface area (Å²) in [5.41, 5.74) is 1.73. The minimum atomic E-state index is 0.179. The van der Waals surface area contributed by atoms with Gasteiger partial charge in [0.25, 0.3) is 0 Å². The lowest BCUT2D eigenvalue weighted by atomic mass is 10.3. The van der Waals surface area contributed by atoms with Crippen molar-refractivity contribution in [3.05, 3.63) is 18.0 Å². The third-order valence-corrected chi connectivity index (χ3v) is 1.45. The van der Waals surface area contributed by atoms with Gasteiger partial charge < -0.3 is 5.11 Å². The Morgan fingerprint density at radius 2 is 2.40 bits per heavy atom. The van der Waals surface area contributed by atoms with Crippen molar-refractivity contribution in [2.75, 3.05) is 0 Å². The molecule has 0 amide bonds. The second kappa shape index (κ2) is 1.80. The predicted octanol–water partition coefficient (Wildman–Crippen LogP) is 1.05. The first-order chi connectivity index (χ1) is 4.86. The summed E-state index contributed by atoms with van der Waals surface area (Å²) in [5, 5.41) is 8.96. The van der Waals surface area contributed by atoms with Gasteiger partial charge in [-0.25, -0.2) is 0 Å². The molecule has 0 atom stereocenters. The number of fused-ring (bicyclic) bond motifs is 1. The van der Waals surface area contributed by atoms with E-state index in [1.807, 2.05) is 0 Å². The summed E-state index contributed by atoms with van der Waals surface area (Å²) < 4.78 is 0. The Hall–Kier alpha value is -1.38. The summed E-state index contributed by atoms with van der Waals surface area (Å²) in [7, 11) is 0. The molecular formula is C7H6N2O. The van der Waals surface area contributed by atoms with Crippen LogP contribution in [-0.4, -0.2) is 16.3 Å². The first-order valence-corrected chi connectivity index (χ1v) is 3.07. The topological polar surface area (TPSA) is 45.5 Å². The number of aliphatic imine (C=N–C) groups is 1. The number of aromatic hydroxyl groups is 1. The maximum absolute atomic E-state index is 8.96. The van der Waals surface area contributed by atoms with Crippen LogP contribution >= 0.6 is 0 Å². The van der Waals surface area contributed by atoms with Crippen molar-refractivity contribution in [2.24, 2.45) is 4.99 Å². The zero-order valence-electron chi connectivity index (χ0n) is 5.28. The Kier molecular flexibility index (Phi) is 0.974. The van der Waals surface area contributed by atoms with Crippen LogP contribution in [0.15, 0.2) is 17.3 Å². The van der Waals surface area contributed by atoms with E-state index in [4.69, 9.17) is 5.11 Å². The lowest BCUT2D eigenvalue weighted by molar-refractivity contribution is 0.472. The molecule has 0 unspecified atom stereocenters. The van der Waals surface area contributed by atoms with Gasteiger partial charge in [-0.2, -0.15) is 0 Å². The Labute approximate surface area is 58.1 Å². The van der Waals surface area contributed by atoms with Crippen LogP contribution in [0.2, 0.25) is 0 Å². The molecule has 1 aliphatic rings. The molecule has 1 aliphatic heterocycles. The third-order valence-electron chi connectivity index (χ3n) is 1.45. The molecule has 50 valence electrons. The van der Waals surface area contributed by atoms with E-state index in [2.05, 4.69) is 9.98 Å². The van der Waals surface area contributed by atoms with E-state index in [0.717, 1.165) is 17.8 Å². The maximum Gasteiger partial charge on any atom is 0.136 e. The molecule has 0 saturated carbocycles. The van der Waals surface area contributed by atoms with Gasteiger partial charge >= 0.3 is 0 Å². The van der Waals surface area contributed by atoms with E-state index in [1.54, 1.807) is 12.3 Å². The second-order valence-electron chi connectivity index (χ2n) is 2.18. The fraction of sp³-hybridized carbons (Fsp3) is 0.143. The summed E-state index contributed by atoms with van der Waals surface area (Å²) in [6.45, 7) is 0. The van der Waals surface area contributed by atoms with Crippen molar-refractivity contribution < 1.29 is 5.11 Å². The van der Waals surface area contributed by atoms with E-state index in [0.29, 0.717) is 0 Å². The fourth-order valence-electron chi connectivity index (χ4n) is 0.970. The SMILES string of the molecule is Oc1cnc2c(c1)N=CC2. The van der Waals surface area contributed by atoms with Gasteiger partial charge in [0.05, 0.1) is 17.6 Å². The molecule has 0 fully saturated rings. The standard InChI is InChI=1S/C7H6N2O/c10-5-3-7-6(9-4-5)1-2-8-7/h2-4,10H,1H2. The van der Waals surface area contributed by atoms with Crippen molar-refractivity contribution in [2.45, 2.75) is 6.42 Å². The van der Waals surface area contributed by atoms with E-state index in [1.165, 1.54) is 6.20 Å². The monoisotopic (exact) mass is 134 g/mol. The van der Waals surface area contributed by atoms with Crippen LogP contribution in [0.5, 0.6) is 5.75 Å². The molecule has 2 rings (SSSR count). The minimum absolute atomic E-state index is 0.179. The summed E-state index contributed by atoms with van der Waals surface area (Å²) in [4.78, 5) is 8.00. The normalized spacial score (nSPS) is 13.6. The van der Waals surface area contributed by atoms with Crippen LogP contribution < -0.4 is 0 Å². The Bertz CT molecular complexity index is 294. The van der Waals surface area contributed by atoms with Crippen LogP contribution in [0.25, 0.3) is 0 Å². The molecule has 0 aromatic carbocycles. The number of nitrogens with zero attached hydrogens (tertiary/aromatic N) is 2. The number of pyridine rings is 1. The molecule has 0 bridgehead atoms. The molecule has 3 heteroatoms. The number of hydrogen-bond acceptors (Lipinski definition) is 3. The molecule has 0 radical (unpaired) electrons. The quantitative estimate of drug-likeness (QED) is 0.576. The van der Waals surface area contributed by atoms with Crippen molar-refractivity contribution >= 4 is 11.9 Å². The first-order valence-electron chi connectivity index (χ1n) is 3.07. The highest BCUT2D eigenvalue weighted by molar-refractivity contribution is 5.74. The van der Waals surface area contributed by atoms with Gasteiger partial charge in [-0.1, -0.05) is 0 Å². The van der Waals surface area contributed by atoms with Gasteiger partial charge in [0.15, 0.2) is 0 Å². The molecular weight excluding hydrogens is 128 g/mol. The fourth-order valence-corrected chi connectivity index (χ4v) is 0.970. The highest BCUT2D eigenvalue weighted by Gasteiger charge is 2.06. The van der Waals surface area contributed by atoms with Gasteiger partial charge in [-0.05, 0) is 0 Å². The molecule has 0 spiro atoms. The van der Waals surface area contributed by atoms with Crippen molar-refractivity contribution in [1.82, 2.24) is 4.98 Å². The van der Waals surface area contributed by atoms with Crippen LogP contribution in [0.3, 0.4) is 0 Å². The van der Waals surface area contributed by atoms with Crippen molar-refractivity contribution in [3.8, 4) is 5.75 Å². The largest absolute Gasteiger partial charge is 0.506 e. The van der Waals surface area contributed by atoms with Gasteiger partial charge in [0.1, 0.15) is 5.75 Å². The van der Waals surface area contributed by atoms with Gasteiger partial charge in [-0.15, -0.1) is 0 Å². The molecule has 1 aromatic rings. The van der Waals surface area contributed by atoms with E-state index < -0.39 is 0 Å². The lowest BCUT2D eigenvalue weighted by Crippen LogP contribution is -1.83. The third kappa shape index (κ3) is 0.673. The lowest BCUT2D eigenvalue weighted by Gasteiger charge is -1.94. The minimum Gasteiger partial charge on any atom is -0.506 e. The Balaban J connectivity index is 2.60. The van der Waals surface area contributed by atoms with Crippen LogP contribution in [0, 0.1) is 0 Å². The van der Waals surface area contributed by atoms with Crippen LogP contribution in [-0.2, 0) is 6.42 Å². The van der Waals surface area contributed by atoms with Crippen LogP contribution in [0.1, 0.15) is 5.69 Å². The molecule has 1 N–H and O–H groups in total. The van der Waals surface area contributed by atoms with E-state index in [-0.39, 0.29) is 5.75 Å². The number of rotatable bonds is 0. The molecule has 10 heavy (non-hydrogen) atoms. The summed E-state index contributed by atoms with van der Waals surface area (Å²) in [6.07, 6.45) is 4.01. The predicted molar refractivity (Wildman–Crippen MR) is 37.8 cm³/mol. The smallest absolute Gasteiger partial charge is 0.136 e. The van der Waals surface area contributed by atoms with Crippen LogP contribution in [0.4, 0.5) is 5.69 Å². The molecule has 0 aliphatic carbocycles. The zero-order valence-corrected chi connectivity index (χ0v) is 5.28. The van der Waals surface area contributed by atoms with Gasteiger partial charge in [-0.3, -0.25) is 9.98 Å². The highest BCUT2D eigenvalue weighted by atomic mass is 16.3. The molecule has 1 aromatic heterocycles. The molecule has 0 saturated heterocycles. The number of aromatic nitrogens is 1. The maximum atomic E-state index is 8.96. The highest BCUT2D eigenvalue weighted by Crippen LogP contribution is 2.24. The van der Waals surface area contributed by atoms with Crippen molar-refractivity contribution in [1.29, 1.82) is 0 Å². The summed E-state index contributed by atoms with van der Waals surface area (Å²) in [5.74, 6) is 0.179. The first kappa shape index (κ1) is 5.41. The average molecular weight is 134 g/mol. The Morgan fingerprint density at radius 3 is 3.30 bits per heavy atom. The molecule has 2 heterocycles. The summed E-state index contributed by atoms with van der Waals surface area (Å²) in [6, 6.07) is 1.62. The Morgan fingerprint density at radius 1 is 1.50 bits per heavy atom. The molecule has 3 nitrogen and oxygen atoms in total. The van der Waals surface area contributed by atoms with Crippen molar-refractivity contribution in [3.63, 3.8) is 0 Å². The average Bonchev–Trinajstić information content (AvgIpc) is 2.33. The zero-order chi connectivity index (χ0) is 6.97. The van der Waals surface area contributed by atoms with E-state index >= 15 is 0 Å². The van der Waals surface area contributed by atoms with Gasteiger partial charge in [0, 0.05) is 18.7 Å².